The lowest BCUT2D eigenvalue weighted by Gasteiger charge is -2.16. The lowest BCUT2D eigenvalue weighted by Crippen LogP contribution is -2.16. The predicted molar refractivity (Wildman–Crippen MR) is 79.2 cm³/mol. The van der Waals surface area contributed by atoms with E-state index in [1.54, 1.807) is 31.2 Å². The number of hydrogen-bond acceptors (Lipinski definition) is 4. The highest BCUT2D eigenvalue weighted by molar-refractivity contribution is 5.77. The van der Waals surface area contributed by atoms with E-state index in [1.807, 2.05) is 13.8 Å². The topological polar surface area (TPSA) is 76.0 Å². The fourth-order valence-electron chi connectivity index (χ4n) is 2.24. The molecule has 5 nitrogen and oxygen atoms in total. The molecule has 1 aromatic rings. The lowest BCUT2D eigenvalue weighted by atomic mass is 9.96. The zero-order chi connectivity index (χ0) is 15.8. The number of aliphatic carboxylic acids is 1. The van der Waals surface area contributed by atoms with Crippen LogP contribution in [0.25, 0.3) is 0 Å². The van der Waals surface area contributed by atoms with Crippen LogP contribution in [0.4, 0.5) is 0 Å². The van der Waals surface area contributed by atoms with Gasteiger partial charge in [-0.05, 0) is 31.7 Å². The molecule has 0 saturated carbocycles. The quantitative estimate of drug-likeness (QED) is 0.541. The maximum atomic E-state index is 11.3. The maximum absolute atomic E-state index is 11.3. The highest BCUT2D eigenvalue weighted by Crippen LogP contribution is 2.29. The zero-order valence-corrected chi connectivity index (χ0v) is 12.8. The van der Waals surface area contributed by atoms with Crippen LogP contribution in [0.1, 0.15) is 45.1 Å². The van der Waals surface area contributed by atoms with Gasteiger partial charge in [0.1, 0.15) is 0 Å². The molecule has 0 heterocycles. The molecule has 0 aliphatic heterocycles. The minimum absolute atomic E-state index is 0.151. The van der Waals surface area contributed by atoms with Gasteiger partial charge in [-0.1, -0.05) is 32.0 Å². The summed E-state index contributed by atoms with van der Waals surface area (Å²) in [5, 5.41) is 18.5. The molecule has 21 heavy (non-hydrogen) atoms. The molecule has 0 amide bonds. The van der Waals surface area contributed by atoms with Crippen LogP contribution in [0.15, 0.2) is 24.3 Å². The van der Waals surface area contributed by atoms with Crippen LogP contribution in [-0.2, 0) is 9.68 Å². The number of carbonyl (C=O) groups is 1. The number of carboxylic acids is 1. The van der Waals surface area contributed by atoms with Crippen LogP contribution < -0.4 is 4.89 Å². The first kappa shape index (κ1) is 17.5. The van der Waals surface area contributed by atoms with Crippen molar-refractivity contribution >= 4 is 5.97 Å². The predicted octanol–water partition coefficient (Wildman–Crippen LogP) is 2.98. The van der Waals surface area contributed by atoms with E-state index in [4.69, 9.17) is 9.78 Å². The van der Waals surface area contributed by atoms with E-state index in [9.17, 15) is 15.0 Å². The van der Waals surface area contributed by atoms with Crippen LogP contribution in [-0.4, -0.2) is 28.9 Å². The highest BCUT2D eigenvalue weighted by atomic mass is 17.2. The molecule has 0 aliphatic rings. The van der Waals surface area contributed by atoms with Gasteiger partial charge in [0, 0.05) is 5.56 Å². The minimum Gasteiger partial charge on any atom is -0.481 e. The third kappa shape index (κ3) is 5.73. The van der Waals surface area contributed by atoms with Gasteiger partial charge in [0.15, 0.2) is 5.75 Å². The van der Waals surface area contributed by atoms with Gasteiger partial charge in [-0.25, -0.2) is 0 Å². The Morgan fingerprint density at radius 1 is 1.29 bits per heavy atom. The first-order valence-corrected chi connectivity index (χ1v) is 7.24. The first-order chi connectivity index (χ1) is 9.95. The van der Waals surface area contributed by atoms with E-state index in [0.717, 1.165) is 0 Å². The Morgan fingerprint density at radius 3 is 2.52 bits per heavy atom. The molecule has 0 aromatic heterocycles. The van der Waals surface area contributed by atoms with Gasteiger partial charge in [0.2, 0.25) is 0 Å². The third-order valence-corrected chi connectivity index (χ3v) is 3.25. The molecule has 0 radical (unpaired) electrons. The summed E-state index contributed by atoms with van der Waals surface area (Å²) in [4.78, 5) is 21.7. The summed E-state index contributed by atoms with van der Waals surface area (Å²) < 4.78 is 0. The molecule has 0 bridgehead atoms. The van der Waals surface area contributed by atoms with E-state index < -0.39 is 11.9 Å². The van der Waals surface area contributed by atoms with E-state index in [1.165, 1.54) is 0 Å². The molecule has 0 aliphatic carbocycles. The van der Waals surface area contributed by atoms with E-state index in [0.29, 0.717) is 30.8 Å². The number of para-hydroxylation sites is 1. The average molecular weight is 296 g/mol. The summed E-state index contributed by atoms with van der Waals surface area (Å²) in [6.45, 7) is 5.84. The van der Waals surface area contributed by atoms with Gasteiger partial charge < -0.3 is 15.1 Å². The number of carboxylic acid groups (broad SMARTS) is 1. The highest BCUT2D eigenvalue weighted by Gasteiger charge is 2.22. The van der Waals surface area contributed by atoms with E-state index >= 15 is 0 Å². The standard InChI is InChI=1S/C16H24O5/c1-4-13(16(18)19)14-7-5-6-8-15(14)21-20-10-11(2)9-12(3)17/h5-8,11-13,17H,4,9-10H2,1-3H3,(H,18,19). The van der Waals surface area contributed by atoms with Gasteiger partial charge >= 0.3 is 5.97 Å². The molecule has 1 rings (SSSR count). The van der Waals surface area contributed by atoms with Crippen molar-refractivity contribution in [2.75, 3.05) is 6.61 Å². The summed E-state index contributed by atoms with van der Waals surface area (Å²) in [5.41, 5.74) is 0.607. The number of rotatable bonds is 9. The molecule has 3 unspecified atom stereocenters. The lowest BCUT2D eigenvalue weighted by molar-refractivity contribution is -0.217. The first-order valence-electron chi connectivity index (χ1n) is 7.24. The number of aliphatic hydroxyl groups excluding tert-OH is 1. The second kappa shape index (κ2) is 8.64. The Kier molecular flexibility index (Phi) is 7.19. The zero-order valence-electron chi connectivity index (χ0n) is 12.8. The van der Waals surface area contributed by atoms with Crippen molar-refractivity contribution in [3.8, 4) is 5.75 Å². The van der Waals surface area contributed by atoms with Crippen LogP contribution in [0, 0.1) is 5.92 Å². The Labute approximate surface area is 125 Å². The second-order valence-corrected chi connectivity index (χ2v) is 5.39. The van der Waals surface area contributed by atoms with Crippen molar-refractivity contribution in [3.63, 3.8) is 0 Å². The van der Waals surface area contributed by atoms with Crippen molar-refractivity contribution in [2.24, 2.45) is 5.92 Å². The SMILES string of the molecule is CCC(C(=O)O)c1ccccc1OOCC(C)CC(C)O. The Bertz CT molecular complexity index is 444. The fraction of sp³-hybridized carbons (Fsp3) is 0.562. The van der Waals surface area contributed by atoms with Crippen molar-refractivity contribution in [2.45, 2.75) is 45.6 Å². The number of hydrogen-bond donors (Lipinski definition) is 2. The Balaban J connectivity index is 2.65. The second-order valence-electron chi connectivity index (χ2n) is 5.39. The summed E-state index contributed by atoms with van der Waals surface area (Å²) in [6, 6.07) is 6.99. The van der Waals surface area contributed by atoms with E-state index in [2.05, 4.69) is 0 Å². The van der Waals surface area contributed by atoms with Crippen LogP contribution in [0.3, 0.4) is 0 Å². The molecule has 3 atom stereocenters. The van der Waals surface area contributed by atoms with Gasteiger partial charge in [-0.2, -0.15) is 4.89 Å². The Hall–Kier alpha value is -1.59. The minimum atomic E-state index is -0.879. The molecular formula is C16H24O5. The molecule has 2 N–H and O–H groups in total. The monoisotopic (exact) mass is 296 g/mol. The fourth-order valence-corrected chi connectivity index (χ4v) is 2.24. The van der Waals surface area contributed by atoms with Crippen molar-refractivity contribution in [1.82, 2.24) is 0 Å². The summed E-state index contributed by atoms with van der Waals surface area (Å²) in [5.74, 6) is -0.912. The van der Waals surface area contributed by atoms with Crippen molar-refractivity contribution in [3.05, 3.63) is 29.8 Å². The van der Waals surface area contributed by atoms with Crippen LogP contribution in [0.2, 0.25) is 0 Å². The van der Waals surface area contributed by atoms with Crippen molar-refractivity contribution in [1.29, 1.82) is 0 Å². The number of aliphatic hydroxyl groups is 1. The normalized spacial score (nSPS) is 15.2. The smallest absolute Gasteiger partial charge is 0.311 e. The summed E-state index contributed by atoms with van der Waals surface area (Å²) in [7, 11) is 0. The molecular weight excluding hydrogens is 272 g/mol. The molecule has 0 fully saturated rings. The van der Waals surface area contributed by atoms with Crippen molar-refractivity contribution < 1.29 is 24.8 Å². The number of benzene rings is 1. The third-order valence-electron chi connectivity index (χ3n) is 3.25. The summed E-state index contributed by atoms with van der Waals surface area (Å²) >= 11 is 0. The van der Waals surface area contributed by atoms with Gasteiger partial charge in [0.25, 0.3) is 0 Å². The summed E-state index contributed by atoms with van der Waals surface area (Å²) in [6.07, 6.45) is 0.721. The van der Waals surface area contributed by atoms with Gasteiger partial charge in [-0.3, -0.25) is 4.79 Å². The largest absolute Gasteiger partial charge is 0.481 e. The molecule has 5 heteroatoms. The van der Waals surface area contributed by atoms with Crippen LogP contribution in [0.5, 0.6) is 5.75 Å². The molecule has 118 valence electrons. The Morgan fingerprint density at radius 2 is 1.95 bits per heavy atom. The maximum Gasteiger partial charge on any atom is 0.311 e. The molecule has 0 spiro atoms. The van der Waals surface area contributed by atoms with Gasteiger partial charge in [0.05, 0.1) is 18.6 Å². The molecule has 1 aromatic carbocycles. The van der Waals surface area contributed by atoms with Gasteiger partial charge in [-0.15, -0.1) is 0 Å². The van der Waals surface area contributed by atoms with Crippen LogP contribution >= 0.6 is 0 Å². The average Bonchev–Trinajstić information content (AvgIpc) is 2.40. The molecule has 0 saturated heterocycles. The van der Waals surface area contributed by atoms with E-state index in [-0.39, 0.29) is 12.0 Å².